The number of halogens is 3. The molecule has 2 aromatic heterocycles. The van der Waals surface area contributed by atoms with Gasteiger partial charge in [0.25, 0.3) is 5.69 Å². The van der Waals surface area contributed by atoms with E-state index < -0.39 is 11.1 Å². The number of hydrogen-bond donors (Lipinski definition) is 0. The lowest BCUT2D eigenvalue weighted by molar-refractivity contribution is -0.384. The summed E-state index contributed by atoms with van der Waals surface area (Å²) in [6, 6.07) is 22.3. The van der Waals surface area contributed by atoms with Crippen LogP contribution in [0.1, 0.15) is 16.4 Å². The second kappa shape index (κ2) is 9.86. The molecule has 0 aliphatic heterocycles. The maximum Gasteiger partial charge on any atom is 0.458 e. The number of nitro groups is 1. The van der Waals surface area contributed by atoms with Gasteiger partial charge in [-0.2, -0.15) is 13.2 Å². The van der Waals surface area contributed by atoms with Crippen molar-refractivity contribution < 1.29 is 18.1 Å². The van der Waals surface area contributed by atoms with E-state index in [1.54, 1.807) is 42.5 Å². The molecule has 4 nitrogen and oxygen atoms in total. The summed E-state index contributed by atoms with van der Waals surface area (Å²) in [5, 5.41) is 12.2. The van der Waals surface area contributed by atoms with Crippen molar-refractivity contribution >= 4 is 13.9 Å². The highest BCUT2D eigenvalue weighted by atomic mass is 31.0. The summed E-state index contributed by atoms with van der Waals surface area (Å²) in [7, 11) is 1.03. The number of pyridine rings is 1. The Labute approximate surface area is 195 Å². The van der Waals surface area contributed by atoms with Crippen molar-refractivity contribution in [2.45, 2.75) is 12.6 Å². The van der Waals surface area contributed by atoms with E-state index in [2.05, 4.69) is 10.9 Å². The molecule has 0 atom stereocenters. The fourth-order valence-corrected chi connectivity index (χ4v) is 4.23. The number of nitro benzene ring substituents is 1. The van der Waals surface area contributed by atoms with Gasteiger partial charge in [-0.3, -0.25) is 10.1 Å². The van der Waals surface area contributed by atoms with Crippen LogP contribution in [0, 0.1) is 22.0 Å². The molecule has 2 heterocycles. The lowest BCUT2D eigenvalue weighted by Crippen LogP contribution is -2.01. The van der Waals surface area contributed by atoms with Crippen molar-refractivity contribution in [3.05, 3.63) is 111 Å². The Hall–Kier alpha value is -4.01. The molecule has 0 fully saturated rings. The van der Waals surface area contributed by atoms with E-state index in [-0.39, 0.29) is 11.3 Å². The van der Waals surface area contributed by atoms with Crippen LogP contribution in [0.2, 0.25) is 0 Å². The number of alkyl halides is 3. The summed E-state index contributed by atoms with van der Waals surface area (Å²) in [5.74, 6) is 5.54. The zero-order valence-electron chi connectivity index (χ0n) is 17.6. The van der Waals surface area contributed by atoms with Gasteiger partial charge in [0.05, 0.1) is 16.3 Å². The largest absolute Gasteiger partial charge is 0.458 e. The molecule has 0 spiro atoms. The van der Waals surface area contributed by atoms with Gasteiger partial charge in [0.2, 0.25) is 0 Å². The van der Waals surface area contributed by atoms with E-state index in [0.29, 0.717) is 28.9 Å². The van der Waals surface area contributed by atoms with Crippen LogP contribution in [0.15, 0.2) is 84.7 Å². The van der Waals surface area contributed by atoms with Crippen LogP contribution in [0.25, 0.3) is 22.5 Å². The summed E-state index contributed by atoms with van der Waals surface area (Å²) in [4.78, 5) is 15.3. The van der Waals surface area contributed by atoms with Crippen molar-refractivity contribution in [2.24, 2.45) is 0 Å². The summed E-state index contributed by atoms with van der Waals surface area (Å²) in [5.41, 5.74) is 3.23. The Morgan fingerprint density at radius 3 is 2.38 bits per heavy atom. The minimum atomic E-state index is -4.60. The normalized spacial score (nSPS) is 11.1. The average Bonchev–Trinajstić information content (AvgIpc) is 2.83. The van der Waals surface area contributed by atoms with Crippen LogP contribution >= 0.6 is 8.19 Å². The fourth-order valence-electron chi connectivity index (χ4n) is 3.40. The zero-order chi connectivity index (χ0) is 24.1. The summed E-state index contributed by atoms with van der Waals surface area (Å²) in [6.07, 6.45) is -4.04. The zero-order valence-corrected chi connectivity index (χ0v) is 18.5. The van der Waals surface area contributed by atoms with Gasteiger partial charge >= 0.3 is 6.18 Å². The Bertz CT molecular complexity index is 1410. The quantitative estimate of drug-likeness (QED) is 0.171. The Kier molecular flexibility index (Phi) is 6.72. The number of aromatic nitrogens is 1. The van der Waals surface area contributed by atoms with E-state index in [1.165, 1.54) is 18.1 Å². The van der Waals surface area contributed by atoms with E-state index in [0.717, 1.165) is 19.1 Å². The van der Waals surface area contributed by atoms with Crippen LogP contribution in [0.4, 0.5) is 18.9 Å². The van der Waals surface area contributed by atoms with Crippen molar-refractivity contribution in [3.63, 3.8) is 0 Å². The van der Waals surface area contributed by atoms with Gasteiger partial charge in [-0.1, -0.05) is 50.5 Å². The molecule has 168 valence electrons. The lowest BCUT2D eigenvalue weighted by atomic mass is 10.00. The predicted molar refractivity (Wildman–Crippen MR) is 126 cm³/mol. The van der Waals surface area contributed by atoms with Crippen LogP contribution in [-0.4, -0.2) is 16.1 Å². The summed E-state index contributed by atoms with van der Waals surface area (Å²) in [6.45, 7) is 0. The second-order valence-electron chi connectivity index (χ2n) is 7.38. The predicted octanol–water partition coefficient (Wildman–Crippen LogP) is 7.41. The second-order valence-corrected chi connectivity index (χ2v) is 8.51. The van der Waals surface area contributed by atoms with Gasteiger partial charge in [-0.25, -0.2) is 4.98 Å². The monoisotopic (exact) mass is 476 g/mol. The standard InChI is InChI=1S/C26H16F3N2O2P/c27-26(28,29)11-10-18-13-19(16-23-7-1-2-12-34-23)15-21(14-18)25-9-4-8-24(30-25)20-5-3-6-22(17-20)31(32)33/h1-9,12-15,17H,16H2. The third-order valence-electron chi connectivity index (χ3n) is 4.85. The van der Waals surface area contributed by atoms with E-state index in [4.69, 9.17) is 0 Å². The van der Waals surface area contributed by atoms with Gasteiger partial charge in [-0.05, 0) is 47.0 Å². The highest BCUT2D eigenvalue weighted by Crippen LogP contribution is 2.28. The first kappa shape index (κ1) is 23.2. The SMILES string of the molecule is O=[N+]([O-])c1cccc(-c2cccc(-c3cc(C#CC(F)(F)F)cc(Cc4ccccp4)c3)n2)c1. The number of nitrogens with zero attached hydrogens (tertiary/aromatic N) is 2. The van der Waals surface area contributed by atoms with E-state index in [9.17, 15) is 23.3 Å². The molecule has 2 aromatic carbocycles. The number of rotatable bonds is 5. The van der Waals surface area contributed by atoms with Gasteiger partial charge in [0, 0.05) is 41.2 Å². The average molecular weight is 476 g/mol. The van der Waals surface area contributed by atoms with Gasteiger partial charge in [-0.15, -0.1) is 0 Å². The molecule has 4 rings (SSSR count). The molecule has 0 saturated carbocycles. The molecule has 8 heteroatoms. The summed E-state index contributed by atoms with van der Waals surface area (Å²) >= 11 is 0. The molecular formula is C26H16F3N2O2P. The van der Waals surface area contributed by atoms with Crippen molar-refractivity contribution in [2.75, 3.05) is 0 Å². The summed E-state index contributed by atoms with van der Waals surface area (Å²) < 4.78 is 38.1. The van der Waals surface area contributed by atoms with Crippen LogP contribution in [-0.2, 0) is 6.42 Å². The molecule has 0 unspecified atom stereocenters. The Morgan fingerprint density at radius 1 is 0.912 bits per heavy atom. The molecule has 4 aromatic rings. The molecule has 0 N–H and O–H groups in total. The van der Waals surface area contributed by atoms with E-state index in [1.807, 2.05) is 30.1 Å². The Morgan fingerprint density at radius 2 is 1.68 bits per heavy atom. The molecule has 0 saturated heterocycles. The number of hydrogen-bond acceptors (Lipinski definition) is 3. The molecule has 0 aliphatic rings. The first-order valence-electron chi connectivity index (χ1n) is 10.1. The molecule has 0 bridgehead atoms. The first-order chi connectivity index (χ1) is 16.3. The van der Waals surface area contributed by atoms with Crippen LogP contribution < -0.4 is 0 Å². The number of benzene rings is 2. The highest BCUT2D eigenvalue weighted by molar-refractivity contribution is 7.30. The molecule has 0 amide bonds. The van der Waals surface area contributed by atoms with E-state index >= 15 is 0 Å². The van der Waals surface area contributed by atoms with Crippen molar-refractivity contribution in [3.8, 4) is 34.4 Å². The van der Waals surface area contributed by atoms with Crippen LogP contribution in [0.3, 0.4) is 0 Å². The molecule has 0 radical (unpaired) electrons. The Balaban J connectivity index is 1.77. The highest BCUT2D eigenvalue weighted by Gasteiger charge is 2.23. The van der Waals surface area contributed by atoms with Gasteiger partial charge < -0.3 is 0 Å². The van der Waals surface area contributed by atoms with Crippen molar-refractivity contribution in [1.82, 2.24) is 4.98 Å². The van der Waals surface area contributed by atoms with Crippen LogP contribution in [0.5, 0.6) is 0 Å². The molecular weight excluding hydrogens is 460 g/mol. The van der Waals surface area contributed by atoms with Gasteiger partial charge in [0.15, 0.2) is 0 Å². The smallest absolute Gasteiger partial charge is 0.258 e. The molecule has 34 heavy (non-hydrogen) atoms. The van der Waals surface area contributed by atoms with Gasteiger partial charge in [0.1, 0.15) is 0 Å². The first-order valence-corrected chi connectivity index (χ1v) is 11.1. The topological polar surface area (TPSA) is 56.0 Å². The maximum absolute atomic E-state index is 12.7. The third-order valence-corrected chi connectivity index (χ3v) is 5.81. The minimum absolute atomic E-state index is 0.0535. The minimum Gasteiger partial charge on any atom is -0.258 e. The third kappa shape index (κ3) is 6.06. The fraction of sp³-hybridized carbons (Fsp3) is 0.0769. The number of non-ortho nitro benzene ring substituents is 1. The maximum atomic E-state index is 12.7. The molecule has 0 aliphatic carbocycles. The van der Waals surface area contributed by atoms with Crippen molar-refractivity contribution in [1.29, 1.82) is 0 Å². The lowest BCUT2D eigenvalue weighted by Gasteiger charge is -2.09.